The molecule has 1 aromatic heterocycles. The number of aromatic nitrogens is 2. The number of esters is 1. The summed E-state index contributed by atoms with van der Waals surface area (Å²) in [5, 5.41) is 6.91. The summed E-state index contributed by atoms with van der Waals surface area (Å²) in [6.07, 6.45) is 3.57. The van der Waals surface area contributed by atoms with Gasteiger partial charge in [-0.25, -0.2) is 4.68 Å². The van der Waals surface area contributed by atoms with Gasteiger partial charge in [0, 0.05) is 24.4 Å². The van der Waals surface area contributed by atoms with Crippen LogP contribution in [0.3, 0.4) is 0 Å². The molecule has 126 valence electrons. The van der Waals surface area contributed by atoms with Gasteiger partial charge in [-0.15, -0.1) is 0 Å². The number of hydrogen-bond donors (Lipinski definition) is 1. The molecule has 0 saturated carbocycles. The first kappa shape index (κ1) is 16.4. The van der Waals surface area contributed by atoms with Gasteiger partial charge in [-0.1, -0.05) is 18.2 Å². The average molecular weight is 335 g/mol. The van der Waals surface area contributed by atoms with Gasteiger partial charge >= 0.3 is 5.97 Å². The lowest BCUT2D eigenvalue weighted by Gasteiger charge is -2.05. The van der Waals surface area contributed by atoms with Crippen LogP contribution in [0.15, 0.2) is 67.0 Å². The Labute approximate surface area is 145 Å². The van der Waals surface area contributed by atoms with Crippen molar-refractivity contribution in [2.24, 2.45) is 0 Å². The number of anilines is 1. The van der Waals surface area contributed by atoms with E-state index in [0.717, 1.165) is 11.3 Å². The number of nitrogens with one attached hydrogen (secondary N) is 1. The van der Waals surface area contributed by atoms with E-state index in [1.165, 1.54) is 6.92 Å². The molecule has 0 aliphatic carbocycles. The Bertz CT molecular complexity index is 870. The molecule has 3 aromatic rings. The van der Waals surface area contributed by atoms with Gasteiger partial charge in [-0.3, -0.25) is 9.59 Å². The summed E-state index contributed by atoms with van der Waals surface area (Å²) in [7, 11) is 0. The first-order valence-corrected chi connectivity index (χ1v) is 7.77. The molecule has 0 aliphatic heterocycles. The first-order valence-electron chi connectivity index (χ1n) is 7.77. The number of amides is 1. The van der Waals surface area contributed by atoms with E-state index in [0.29, 0.717) is 11.4 Å². The lowest BCUT2D eigenvalue weighted by molar-refractivity contribution is -0.133. The van der Waals surface area contributed by atoms with Crippen LogP contribution in [0.25, 0.3) is 5.69 Å². The molecule has 2 aromatic carbocycles. The van der Waals surface area contributed by atoms with Gasteiger partial charge in [0.15, 0.2) is 0 Å². The normalized spacial score (nSPS) is 10.3. The van der Waals surface area contributed by atoms with Gasteiger partial charge in [-0.05, 0) is 36.4 Å². The zero-order valence-corrected chi connectivity index (χ0v) is 13.7. The largest absolute Gasteiger partial charge is 0.426 e. The van der Waals surface area contributed by atoms with Crippen molar-refractivity contribution in [3.8, 4) is 11.4 Å². The predicted octanol–water partition coefficient (Wildman–Crippen LogP) is 2.98. The monoisotopic (exact) mass is 335 g/mol. The van der Waals surface area contributed by atoms with E-state index in [-0.39, 0.29) is 18.3 Å². The summed E-state index contributed by atoms with van der Waals surface area (Å²) in [5.74, 6) is -0.102. The second-order valence-corrected chi connectivity index (χ2v) is 5.49. The van der Waals surface area contributed by atoms with E-state index in [2.05, 4.69) is 10.4 Å². The molecule has 6 nitrogen and oxygen atoms in total. The molecule has 0 fully saturated rings. The Balaban J connectivity index is 1.59. The number of hydrogen-bond acceptors (Lipinski definition) is 4. The molecule has 0 unspecified atom stereocenters. The average Bonchev–Trinajstić information content (AvgIpc) is 3.05. The van der Waals surface area contributed by atoms with Crippen LogP contribution in [0.4, 0.5) is 5.69 Å². The fourth-order valence-electron chi connectivity index (χ4n) is 2.32. The van der Waals surface area contributed by atoms with Gasteiger partial charge in [0.25, 0.3) is 0 Å². The smallest absolute Gasteiger partial charge is 0.315 e. The molecule has 0 spiro atoms. The highest BCUT2D eigenvalue weighted by atomic mass is 16.5. The third-order valence-electron chi connectivity index (χ3n) is 3.41. The van der Waals surface area contributed by atoms with Crippen LogP contribution in [0.1, 0.15) is 12.5 Å². The fourth-order valence-corrected chi connectivity index (χ4v) is 2.32. The molecule has 0 radical (unpaired) electrons. The van der Waals surface area contributed by atoms with Crippen LogP contribution in [-0.2, 0) is 16.0 Å². The van der Waals surface area contributed by atoms with Crippen molar-refractivity contribution in [2.45, 2.75) is 13.3 Å². The van der Waals surface area contributed by atoms with Gasteiger partial charge in [0.1, 0.15) is 5.75 Å². The lowest BCUT2D eigenvalue weighted by Crippen LogP contribution is -2.11. The van der Waals surface area contributed by atoms with Crippen LogP contribution in [0, 0.1) is 0 Å². The molecule has 0 atom stereocenters. The zero-order chi connectivity index (χ0) is 17.6. The van der Waals surface area contributed by atoms with Crippen molar-refractivity contribution in [1.29, 1.82) is 0 Å². The molecule has 0 aliphatic rings. The molecule has 1 amide bonds. The molecule has 1 N–H and O–H groups in total. The van der Waals surface area contributed by atoms with Crippen molar-refractivity contribution in [1.82, 2.24) is 9.78 Å². The van der Waals surface area contributed by atoms with Crippen LogP contribution in [0.5, 0.6) is 5.75 Å². The number of para-hydroxylation sites is 1. The Morgan fingerprint density at radius 2 is 1.80 bits per heavy atom. The minimum atomic E-state index is -0.375. The molecule has 3 rings (SSSR count). The van der Waals surface area contributed by atoms with Crippen molar-refractivity contribution in [3.05, 3.63) is 72.6 Å². The summed E-state index contributed by atoms with van der Waals surface area (Å²) in [4.78, 5) is 23.0. The Hall–Kier alpha value is -3.41. The quantitative estimate of drug-likeness (QED) is 0.575. The van der Waals surface area contributed by atoms with Gasteiger partial charge < -0.3 is 10.1 Å². The maximum Gasteiger partial charge on any atom is 0.315 e. The van der Waals surface area contributed by atoms with Gasteiger partial charge in [0.2, 0.25) is 5.91 Å². The van der Waals surface area contributed by atoms with Crippen LogP contribution < -0.4 is 10.1 Å². The number of rotatable bonds is 5. The lowest BCUT2D eigenvalue weighted by atomic mass is 10.2. The van der Waals surface area contributed by atoms with E-state index in [1.807, 2.05) is 30.3 Å². The summed E-state index contributed by atoms with van der Waals surface area (Å²) >= 11 is 0. The van der Waals surface area contributed by atoms with E-state index in [4.69, 9.17) is 4.74 Å². The second kappa shape index (κ2) is 7.44. The Morgan fingerprint density at radius 1 is 1.08 bits per heavy atom. The van der Waals surface area contributed by atoms with Crippen molar-refractivity contribution in [2.75, 3.05) is 5.32 Å². The standard InChI is InChI=1S/C19H17N3O3/c1-14(23)21-16-7-9-18(10-8-16)25-19(24)11-15-12-20-22(13-15)17-5-3-2-4-6-17/h2-10,12-13H,11H2,1H3,(H,21,23). The summed E-state index contributed by atoms with van der Waals surface area (Å²) in [5.41, 5.74) is 2.34. The van der Waals surface area contributed by atoms with Crippen molar-refractivity contribution >= 4 is 17.6 Å². The van der Waals surface area contributed by atoms with E-state index < -0.39 is 0 Å². The number of ether oxygens (including phenoxy) is 1. The Morgan fingerprint density at radius 3 is 2.48 bits per heavy atom. The highest BCUT2D eigenvalue weighted by Crippen LogP contribution is 2.16. The fraction of sp³-hybridized carbons (Fsp3) is 0.105. The first-order chi connectivity index (χ1) is 12.1. The SMILES string of the molecule is CC(=O)Nc1ccc(OC(=O)Cc2cnn(-c3ccccc3)c2)cc1. The third kappa shape index (κ3) is 4.54. The third-order valence-corrected chi connectivity index (χ3v) is 3.41. The van der Waals surface area contributed by atoms with Gasteiger partial charge in [-0.2, -0.15) is 5.10 Å². The molecule has 0 bridgehead atoms. The van der Waals surface area contributed by atoms with Gasteiger partial charge in [0.05, 0.1) is 18.3 Å². The maximum atomic E-state index is 12.1. The van der Waals surface area contributed by atoms with Crippen molar-refractivity contribution in [3.63, 3.8) is 0 Å². The molecular weight excluding hydrogens is 318 g/mol. The highest BCUT2D eigenvalue weighted by molar-refractivity contribution is 5.88. The van der Waals surface area contributed by atoms with Crippen LogP contribution in [-0.4, -0.2) is 21.7 Å². The topological polar surface area (TPSA) is 73.2 Å². The second-order valence-electron chi connectivity index (χ2n) is 5.49. The van der Waals surface area contributed by atoms with E-state index in [1.54, 1.807) is 41.3 Å². The Kier molecular flexibility index (Phi) is 4.89. The number of carbonyl (C=O) groups is 2. The number of carbonyl (C=O) groups excluding carboxylic acids is 2. The summed E-state index contributed by atoms with van der Waals surface area (Å²) < 4.78 is 7.02. The highest BCUT2D eigenvalue weighted by Gasteiger charge is 2.09. The number of benzene rings is 2. The van der Waals surface area contributed by atoms with Crippen LogP contribution in [0.2, 0.25) is 0 Å². The molecule has 1 heterocycles. The maximum absolute atomic E-state index is 12.1. The zero-order valence-electron chi connectivity index (χ0n) is 13.7. The summed E-state index contributed by atoms with van der Waals surface area (Å²) in [6, 6.07) is 16.3. The minimum absolute atomic E-state index is 0.125. The molecule has 0 saturated heterocycles. The van der Waals surface area contributed by atoms with Crippen LogP contribution >= 0.6 is 0 Å². The molecule has 6 heteroatoms. The predicted molar refractivity (Wildman–Crippen MR) is 93.6 cm³/mol. The number of nitrogens with zero attached hydrogens (tertiary/aromatic N) is 2. The van der Waals surface area contributed by atoms with Crippen molar-refractivity contribution < 1.29 is 14.3 Å². The summed E-state index contributed by atoms with van der Waals surface area (Å²) in [6.45, 7) is 1.43. The molecule has 25 heavy (non-hydrogen) atoms. The molecular formula is C19H17N3O3. The van der Waals surface area contributed by atoms with E-state index in [9.17, 15) is 9.59 Å². The van der Waals surface area contributed by atoms with E-state index >= 15 is 0 Å². The minimum Gasteiger partial charge on any atom is -0.426 e.